The maximum absolute atomic E-state index is 6.27. The second-order valence-electron chi connectivity index (χ2n) is 13.0. The number of hydrogen-bond donors (Lipinski definition) is 0. The summed E-state index contributed by atoms with van der Waals surface area (Å²) in [5, 5.41) is 9.13. The second kappa shape index (κ2) is 10.4. The van der Waals surface area contributed by atoms with Crippen LogP contribution in [0.3, 0.4) is 0 Å². The monoisotopic (exact) mass is 640 g/mol. The molecule has 0 unspecified atom stereocenters. The van der Waals surface area contributed by atoms with Crippen molar-refractivity contribution in [2.24, 2.45) is 0 Å². The SMILES string of the molecule is c1ccc(-n2c3ccccc3c3c(N(c4ccc5cc6oc7ccccc7c6cc5c4)c4ccc5oc6ccccc6c5c4)cccc32)cc1. The zero-order valence-electron chi connectivity index (χ0n) is 26.9. The van der Waals surface area contributed by atoms with Gasteiger partial charge >= 0.3 is 0 Å². The molecule has 0 amide bonds. The third-order valence-corrected chi connectivity index (χ3v) is 10.1. The highest BCUT2D eigenvalue weighted by Gasteiger charge is 2.22. The summed E-state index contributed by atoms with van der Waals surface area (Å²) in [7, 11) is 0. The van der Waals surface area contributed by atoms with E-state index < -0.39 is 0 Å². The molecular weight excluding hydrogens is 613 g/mol. The Labute approximate surface area is 286 Å². The van der Waals surface area contributed by atoms with Gasteiger partial charge in [0.15, 0.2) is 0 Å². The molecule has 234 valence electrons. The molecule has 50 heavy (non-hydrogen) atoms. The van der Waals surface area contributed by atoms with Crippen LogP contribution >= 0.6 is 0 Å². The van der Waals surface area contributed by atoms with Crippen molar-refractivity contribution < 1.29 is 8.83 Å². The summed E-state index contributed by atoms with van der Waals surface area (Å²) in [6.07, 6.45) is 0. The minimum Gasteiger partial charge on any atom is -0.456 e. The zero-order valence-corrected chi connectivity index (χ0v) is 26.9. The zero-order chi connectivity index (χ0) is 32.8. The minimum atomic E-state index is 0.876. The first-order valence-electron chi connectivity index (χ1n) is 16.9. The van der Waals surface area contributed by atoms with Crippen molar-refractivity contribution in [1.82, 2.24) is 4.57 Å². The number of hydrogen-bond acceptors (Lipinski definition) is 3. The molecule has 0 aliphatic rings. The summed E-state index contributed by atoms with van der Waals surface area (Å²) in [6.45, 7) is 0. The normalized spacial score (nSPS) is 12.0. The highest BCUT2D eigenvalue weighted by molar-refractivity contribution is 6.17. The lowest BCUT2D eigenvalue weighted by Gasteiger charge is -2.27. The summed E-state index contributed by atoms with van der Waals surface area (Å²) >= 11 is 0. The molecule has 3 aromatic heterocycles. The topological polar surface area (TPSA) is 34.5 Å². The van der Waals surface area contributed by atoms with E-state index in [1.165, 1.54) is 16.3 Å². The van der Waals surface area contributed by atoms with Crippen molar-refractivity contribution in [3.63, 3.8) is 0 Å². The Kier molecular flexibility index (Phi) is 5.63. The first-order valence-corrected chi connectivity index (χ1v) is 16.9. The fourth-order valence-electron chi connectivity index (χ4n) is 7.92. The molecule has 0 bridgehead atoms. The molecule has 0 spiro atoms. The number of furan rings is 2. The molecule has 0 aliphatic carbocycles. The van der Waals surface area contributed by atoms with E-state index >= 15 is 0 Å². The maximum atomic E-state index is 6.27. The minimum absolute atomic E-state index is 0.876. The number of para-hydroxylation sites is 4. The van der Waals surface area contributed by atoms with Crippen LogP contribution in [0.1, 0.15) is 0 Å². The van der Waals surface area contributed by atoms with Gasteiger partial charge in [-0.15, -0.1) is 0 Å². The molecule has 0 N–H and O–H groups in total. The van der Waals surface area contributed by atoms with Gasteiger partial charge in [-0.05, 0) is 95.7 Å². The van der Waals surface area contributed by atoms with Gasteiger partial charge in [-0.3, -0.25) is 0 Å². The fraction of sp³-hybridized carbons (Fsp3) is 0. The lowest BCUT2D eigenvalue weighted by molar-refractivity contribution is 0.669. The Balaban J connectivity index is 1.22. The van der Waals surface area contributed by atoms with Crippen LogP contribution < -0.4 is 4.90 Å². The van der Waals surface area contributed by atoms with Crippen molar-refractivity contribution in [2.45, 2.75) is 0 Å². The van der Waals surface area contributed by atoms with Crippen LogP contribution in [0.15, 0.2) is 179 Å². The third kappa shape index (κ3) is 3.93. The first kappa shape index (κ1) is 27.2. The number of fused-ring (bicyclic) bond motifs is 10. The molecule has 3 heterocycles. The van der Waals surface area contributed by atoms with Crippen molar-refractivity contribution >= 4 is 93.5 Å². The van der Waals surface area contributed by atoms with Crippen LogP contribution in [-0.4, -0.2) is 4.57 Å². The van der Waals surface area contributed by atoms with Gasteiger partial charge in [-0.1, -0.05) is 84.9 Å². The van der Waals surface area contributed by atoms with Crippen LogP contribution in [-0.2, 0) is 0 Å². The van der Waals surface area contributed by atoms with Crippen molar-refractivity contribution in [2.75, 3.05) is 4.90 Å². The number of anilines is 3. The van der Waals surface area contributed by atoms with E-state index in [1.807, 2.05) is 24.3 Å². The summed E-state index contributed by atoms with van der Waals surface area (Å²) < 4.78 is 14.9. The molecule has 0 saturated heterocycles. The van der Waals surface area contributed by atoms with Crippen LogP contribution in [0.5, 0.6) is 0 Å². The van der Waals surface area contributed by atoms with E-state index in [2.05, 4.69) is 155 Å². The van der Waals surface area contributed by atoms with Gasteiger partial charge < -0.3 is 18.3 Å². The van der Waals surface area contributed by atoms with Crippen LogP contribution in [0.4, 0.5) is 17.1 Å². The second-order valence-corrected chi connectivity index (χ2v) is 13.0. The van der Waals surface area contributed by atoms with Crippen LogP contribution in [0, 0.1) is 0 Å². The van der Waals surface area contributed by atoms with Gasteiger partial charge in [0, 0.05) is 49.4 Å². The predicted molar refractivity (Wildman–Crippen MR) is 208 cm³/mol. The van der Waals surface area contributed by atoms with E-state index in [-0.39, 0.29) is 0 Å². The third-order valence-electron chi connectivity index (χ3n) is 10.1. The van der Waals surface area contributed by atoms with Gasteiger partial charge in [-0.2, -0.15) is 0 Å². The summed E-state index contributed by atoms with van der Waals surface area (Å²) in [6, 6.07) is 60.3. The molecule has 8 aromatic carbocycles. The lowest BCUT2D eigenvalue weighted by atomic mass is 10.0. The standard InChI is InChI=1S/C46H28N2O2/c1-2-11-31(12-3-1)48-39-16-7-4-15-36(39)46-40(17-10-18-41(46)48)47(33-23-24-44-38(28-33)35-14-6-8-19-42(35)49-44)32-22-21-29-27-45-37(26-30(29)25-32)34-13-5-9-20-43(34)50-45/h1-28H. The molecular formula is C46H28N2O2. The lowest BCUT2D eigenvalue weighted by Crippen LogP contribution is -2.10. The maximum Gasteiger partial charge on any atom is 0.136 e. The van der Waals surface area contributed by atoms with Gasteiger partial charge in [0.2, 0.25) is 0 Å². The number of benzene rings is 8. The van der Waals surface area contributed by atoms with Crippen molar-refractivity contribution in [1.29, 1.82) is 0 Å². The number of rotatable bonds is 4. The Bertz CT molecular complexity index is 3110. The number of aromatic nitrogens is 1. The predicted octanol–water partition coefficient (Wildman–Crippen LogP) is 13.2. The highest BCUT2D eigenvalue weighted by Crippen LogP contribution is 2.46. The summed E-state index contributed by atoms with van der Waals surface area (Å²) in [4.78, 5) is 2.41. The van der Waals surface area contributed by atoms with Crippen LogP contribution in [0.2, 0.25) is 0 Å². The van der Waals surface area contributed by atoms with E-state index in [0.717, 1.165) is 82.9 Å². The largest absolute Gasteiger partial charge is 0.456 e. The molecule has 0 fully saturated rings. The molecule has 11 rings (SSSR count). The van der Waals surface area contributed by atoms with E-state index in [9.17, 15) is 0 Å². The van der Waals surface area contributed by atoms with E-state index in [0.29, 0.717) is 0 Å². The van der Waals surface area contributed by atoms with Gasteiger partial charge in [0.25, 0.3) is 0 Å². The molecule has 4 heteroatoms. The average Bonchev–Trinajstić information content (AvgIpc) is 3.84. The quantitative estimate of drug-likeness (QED) is 0.192. The number of nitrogens with zero attached hydrogens (tertiary/aromatic N) is 2. The Morgan fingerprint density at radius 1 is 0.380 bits per heavy atom. The smallest absolute Gasteiger partial charge is 0.136 e. The molecule has 4 nitrogen and oxygen atoms in total. The Morgan fingerprint density at radius 3 is 1.82 bits per heavy atom. The molecule has 0 atom stereocenters. The molecule has 0 radical (unpaired) electrons. The Morgan fingerprint density at radius 2 is 1.00 bits per heavy atom. The van der Waals surface area contributed by atoms with E-state index in [4.69, 9.17) is 8.83 Å². The van der Waals surface area contributed by atoms with Gasteiger partial charge in [-0.25, -0.2) is 0 Å². The van der Waals surface area contributed by atoms with Gasteiger partial charge in [0.1, 0.15) is 22.3 Å². The summed E-state index contributed by atoms with van der Waals surface area (Å²) in [5.41, 5.74) is 10.3. The Hall–Kier alpha value is -6.78. The van der Waals surface area contributed by atoms with Crippen LogP contribution in [0.25, 0.3) is 82.1 Å². The molecule has 0 saturated carbocycles. The highest BCUT2D eigenvalue weighted by atomic mass is 16.3. The molecule has 11 aromatic rings. The van der Waals surface area contributed by atoms with Gasteiger partial charge in [0.05, 0.1) is 16.7 Å². The van der Waals surface area contributed by atoms with E-state index in [1.54, 1.807) is 0 Å². The average molecular weight is 641 g/mol. The molecule has 0 aliphatic heterocycles. The summed E-state index contributed by atoms with van der Waals surface area (Å²) in [5.74, 6) is 0. The fourth-order valence-corrected chi connectivity index (χ4v) is 7.92. The van der Waals surface area contributed by atoms with Crippen molar-refractivity contribution in [3.8, 4) is 5.69 Å². The first-order chi connectivity index (χ1) is 24.8. The van der Waals surface area contributed by atoms with Crippen molar-refractivity contribution in [3.05, 3.63) is 170 Å².